The lowest BCUT2D eigenvalue weighted by atomic mass is 10.1. The molecule has 2 aromatic heterocycles. The number of nitrogens with zero attached hydrogens (tertiary/aromatic N) is 3. The van der Waals surface area contributed by atoms with Gasteiger partial charge in [-0.15, -0.1) is 0 Å². The van der Waals surface area contributed by atoms with E-state index in [1.165, 1.54) is 0 Å². The number of amides is 1. The maximum absolute atomic E-state index is 13.4. The smallest absolute Gasteiger partial charge is 0.320 e. The summed E-state index contributed by atoms with van der Waals surface area (Å²) in [5, 5.41) is 7.73. The van der Waals surface area contributed by atoms with Crippen LogP contribution in [0.4, 0.5) is 18.9 Å². The zero-order chi connectivity index (χ0) is 24.6. The maximum atomic E-state index is 13.4. The molecule has 3 aromatic carbocycles. The van der Waals surface area contributed by atoms with Gasteiger partial charge in [0.15, 0.2) is 5.69 Å². The summed E-state index contributed by atoms with van der Waals surface area (Å²) < 4.78 is 41.5. The number of carbonyl (C=O) groups is 1. The number of carbonyl (C=O) groups excluding carboxylic acids is 1. The van der Waals surface area contributed by atoms with Crippen LogP contribution in [0.3, 0.4) is 0 Å². The van der Waals surface area contributed by atoms with Crippen LogP contribution in [0.25, 0.3) is 27.8 Å². The fourth-order valence-corrected chi connectivity index (χ4v) is 3.94. The van der Waals surface area contributed by atoms with E-state index in [2.05, 4.69) is 15.4 Å². The molecule has 174 valence electrons. The third-order valence-electron chi connectivity index (χ3n) is 5.40. The zero-order valence-electron chi connectivity index (χ0n) is 17.9. The topological polar surface area (TPSA) is 59.8 Å². The van der Waals surface area contributed by atoms with E-state index in [4.69, 9.17) is 11.6 Å². The van der Waals surface area contributed by atoms with Gasteiger partial charge in [0.2, 0.25) is 0 Å². The van der Waals surface area contributed by atoms with Crippen molar-refractivity contribution in [1.82, 2.24) is 14.8 Å². The molecule has 35 heavy (non-hydrogen) atoms. The monoisotopic (exact) mass is 492 g/mol. The summed E-state index contributed by atoms with van der Waals surface area (Å²) in [5.74, 6) is -0.370. The number of rotatable bonds is 4. The first kappa shape index (κ1) is 22.6. The molecular formula is C26H16ClF3N4O. The van der Waals surface area contributed by atoms with E-state index in [9.17, 15) is 18.0 Å². The van der Waals surface area contributed by atoms with E-state index in [1.807, 2.05) is 24.3 Å². The van der Waals surface area contributed by atoms with E-state index < -0.39 is 11.9 Å². The molecule has 0 saturated heterocycles. The highest BCUT2D eigenvalue weighted by Crippen LogP contribution is 2.34. The van der Waals surface area contributed by atoms with E-state index in [0.29, 0.717) is 28.0 Å². The van der Waals surface area contributed by atoms with Crippen LogP contribution in [-0.4, -0.2) is 20.7 Å². The van der Waals surface area contributed by atoms with Crippen molar-refractivity contribution in [2.24, 2.45) is 0 Å². The fourth-order valence-electron chi connectivity index (χ4n) is 3.72. The number of nitrogens with one attached hydrogen (secondary N) is 1. The molecule has 0 unspecified atom stereocenters. The van der Waals surface area contributed by atoms with Gasteiger partial charge in [-0.3, -0.25) is 9.78 Å². The molecule has 0 aliphatic carbocycles. The predicted octanol–water partition coefficient (Wildman–Crippen LogP) is 7.01. The molecule has 0 aliphatic heterocycles. The Labute approximate surface area is 202 Å². The predicted molar refractivity (Wildman–Crippen MR) is 129 cm³/mol. The van der Waals surface area contributed by atoms with Gasteiger partial charge in [-0.05, 0) is 42.5 Å². The number of aromatic nitrogens is 3. The molecule has 9 heteroatoms. The SMILES string of the molecule is O=C(Nc1cccc2cccnc12)c1ccc(-c2cc(C(F)(F)F)nn2-c2ccccc2Cl)cc1. The number of pyridine rings is 1. The second-order valence-electron chi connectivity index (χ2n) is 7.69. The van der Waals surface area contributed by atoms with Gasteiger partial charge in [0.05, 0.1) is 27.6 Å². The van der Waals surface area contributed by atoms with Crippen molar-refractivity contribution in [2.45, 2.75) is 6.18 Å². The number of anilines is 1. The Morgan fingerprint density at radius 2 is 1.66 bits per heavy atom. The first-order valence-electron chi connectivity index (χ1n) is 10.5. The Kier molecular flexibility index (Phi) is 5.74. The first-order valence-corrected chi connectivity index (χ1v) is 10.9. The number of alkyl halides is 3. The number of hydrogen-bond donors (Lipinski definition) is 1. The van der Waals surface area contributed by atoms with Crippen LogP contribution in [-0.2, 0) is 6.18 Å². The minimum absolute atomic E-state index is 0.190. The highest BCUT2D eigenvalue weighted by atomic mass is 35.5. The fraction of sp³-hybridized carbons (Fsp3) is 0.0385. The Hall–Kier alpha value is -4.17. The summed E-state index contributed by atoms with van der Waals surface area (Å²) in [6, 6.07) is 22.8. The normalized spacial score (nSPS) is 11.5. The lowest BCUT2D eigenvalue weighted by Crippen LogP contribution is -2.12. The molecule has 1 amide bonds. The Bertz CT molecular complexity index is 1540. The second kappa shape index (κ2) is 8.88. The standard InChI is InChI=1S/C26H16ClF3N4O/c27-19-7-1-2-9-21(19)34-22(15-23(33-34)26(28,29)30)16-10-12-18(13-11-16)25(35)32-20-8-3-5-17-6-4-14-31-24(17)20/h1-15H,(H,32,35). The van der Waals surface area contributed by atoms with Crippen LogP contribution in [0.5, 0.6) is 0 Å². The van der Waals surface area contributed by atoms with Crippen molar-refractivity contribution in [3.8, 4) is 16.9 Å². The van der Waals surface area contributed by atoms with E-state index in [0.717, 1.165) is 16.1 Å². The molecule has 0 fully saturated rings. The highest BCUT2D eigenvalue weighted by molar-refractivity contribution is 6.32. The third-order valence-corrected chi connectivity index (χ3v) is 5.72. The Balaban J connectivity index is 1.48. The van der Waals surface area contributed by atoms with Gasteiger partial charge >= 0.3 is 6.18 Å². The van der Waals surface area contributed by atoms with Crippen molar-refractivity contribution in [3.63, 3.8) is 0 Å². The van der Waals surface area contributed by atoms with Crippen molar-refractivity contribution in [3.05, 3.63) is 107 Å². The van der Waals surface area contributed by atoms with Gasteiger partial charge in [0.25, 0.3) is 5.91 Å². The molecule has 0 atom stereocenters. The maximum Gasteiger partial charge on any atom is 0.435 e. The molecule has 0 bridgehead atoms. The van der Waals surface area contributed by atoms with Crippen LogP contribution >= 0.6 is 11.6 Å². The largest absolute Gasteiger partial charge is 0.435 e. The Morgan fingerprint density at radius 3 is 2.40 bits per heavy atom. The van der Waals surface area contributed by atoms with Gasteiger partial charge in [0.1, 0.15) is 0 Å². The van der Waals surface area contributed by atoms with Crippen LogP contribution in [0.2, 0.25) is 5.02 Å². The van der Waals surface area contributed by atoms with Crippen molar-refractivity contribution < 1.29 is 18.0 Å². The van der Waals surface area contributed by atoms with Crippen molar-refractivity contribution in [1.29, 1.82) is 0 Å². The van der Waals surface area contributed by atoms with Gasteiger partial charge < -0.3 is 5.32 Å². The summed E-state index contributed by atoms with van der Waals surface area (Å²) in [4.78, 5) is 17.2. The number of benzene rings is 3. The third kappa shape index (κ3) is 4.48. The average Bonchev–Trinajstić information content (AvgIpc) is 3.31. The van der Waals surface area contributed by atoms with E-state index in [1.54, 1.807) is 60.8 Å². The lowest BCUT2D eigenvalue weighted by Gasteiger charge is -2.11. The summed E-state index contributed by atoms with van der Waals surface area (Å²) in [7, 11) is 0. The lowest BCUT2D eigenvalue weighted by molar-refractivity contribution is -0.141. The molecule has 0 spiro atoms. The quantitative estimate of drug-likeness (QED) is 0.293. The highest BCUT2D eigenvalue weighted by Gasteiger charge is 2.35. The van der Waals surface area contributed by atoms with Gasteiger partial charge in [0, 0.05) is 22.7 Å². The van der Waals surface area contributed by atoms with Gasteiger partial charge in [-0.2, -0.15) is 18.3 Å². The van der Waals surface area contributed by atoms with Crippen molar-refractivity contribution >= 4 is 34.1 Å². The zero-order valence-corrected chi connectivity index (χ0v) is 18.7. The van der Waals surface area contributed by atoms with Crippen LogP contribution in [0.15, 0.2) is 91.1 Å². The molecule has 0 aliphatic rings. The first-order chi connectivity index (χ1) is 16.8. The summed E-state index contributed by atoms with van der Waals surface area (Å²) in [6.07, 6.45) is -2.99. The minimum atomic E-state index is -4.63. The number of para-hydroxylation sites is 2. The molecule has 0 saturated carbocycles. The second-order valence-corrected chi connectivity index (χ2v) is 8.10. The molecule has 1 N–H and O–H groups in total. The van der Waals surface area contributed by atoms with Crippen LogP contribution in [0.1, 0.15) is 16.1 Å². The summed E-state index contributed by atoms with van der Waals surface area (Å²) >= 11 is 6.23. The minimum Gasteiger partial charge on any atom is -0.320 e. The molecule has 0 radical (unpaired) electrons. The summed E-state index contributed by atoms with van der Waals surface area (Å²) in [6.45, 7) is 0. The van der Waals surface area contributed by atoms with Crippen LogP contribution < -0.4 is 5.32 Å². The molecular weight excluding hydrogens is 477 g/mol. The average molecular weight is 493 g/mol. The van der Waals surface area contributed by atoms with E-state index in [-0.39, 0.29) is 16.6 Å². The molecule has 5 aromatic rings. The molecule has 2 heterocycles. The van der Waals surface area contributed by atoms with Gasteiger partial charge in [-0.1, -0.05) is 54.1 Å². The molecule has 5 rings (SSSR count). The Morgan fingerprint density at radius 1 is 0.914 bits per heavy atom. The molecule has 5 nitrogen and oxygen atoms in total. The summed E-state index contributed by atoms with van der Waals surface area (Å²) in [5.41, 5.74) is 1.45. The van der Waals surface area contributed by atoms with Gasteiger partial charge in [-0.25, -0.2) is 4.68 Å². The van der Waals surface area contributed by atoms with E-state index >= 15 is 0 Å². The number of hydrogen-bond acceptors (Lipinski definition) is 3. The number of halogens is 4. The number of fused-ring (bicyclic) bond motifs is 1. The van der Waals surface area contributed by atoms with Crippen molar-refractivity contribution in [2.75, 3.05) is 5.32 Å². The van der Waals surface area contributed by atoms with Crippen LogP contribution in [0, 0.1) is 0 Å².